The van der Waals surface area contributed by atoms with E-state index >= 15 is 0 Å². The minimum Gasteiger partial charge on any atom is -0.379 e. The van der Waals surface area contributed by atoms with Crippen molar-refractivity contribution in [2.24, 2.45) is 7.05 Å². The number of hydrogen-bond donors (Lipinski definition) is 1. The van der Waals surface area contributed by atoms with Crippen LogP contribution in [0.15, 0.2) is 85.2 Å². The molecule has 0 aliphatic carbocycles. The summed E-state index contributed by atoms with van der Waals surface area (Å²) in [6, 6.07) is 23.9. The van der Waals surface area contributed by atoms with Gasteiger partial charge in [0, 0.05) is 56.9 Å². The molecule has 8 heteroatoms. The third-order valence-corrected chi connectivity index (χ3v) is 7.05. The minimum atomic E-state index is -0.394. The number of nitrogens with one attached hydrogen (secondary N) is 1. The average Bonchev–Trinajstić information content (AvgIpc) is 3.40. The molecule has 0 bridgehead atoms. The lowest BCUT2D eigenvalue weighted by molar-refractivity contribution is -0.117. The van der Waals surface area contributed by atoms with Crippen molar-refractivity contribution in [3.05, 3.63) is 85.2 Å². The fourth-order valence-electron chi connectivity index (χ4n) is 4.74. The number of carbonyl (C=O) groups excluding carboxylic acids is 1. The van der Waals surface area contributed by atoms with Gasteiger partial charge < -0.3 is 15.0 Å². The van der Waals surface area contributed by atoms with Gasteiger partial charge in [-0.2, -0.15) is 5.10 Å². The molecule has 1 N–H and O–H groups in total. The number of hydrogen-bond acceptors (Lipinski definition) is 6. The number of amides is 1. The van der Waals surface area contributed by atoms with Crippen molar-refractivity contribution in [2.45, 2.75) is 13.0 Å². The zero-order valence-electron chi connectivity index (χ0n) is 22.0. The molecule has 8 nitrogen and oxygen atoms in total. The van der Waals surface area contributed by atoms with Gasteiger partial charge in [0.05, 0.1) is 18.9 Å². The van der Waals surface area contributed by atoms with E-state index in [1.807, 2.05) is 67.2 Å². The number of aryl methyl sites for hydroxylation is 1. The van der Waals surface area contributed by atoms with Crippen LogP contribution in [0.2, 0.25) is 0 Å². The van der Waals surface area contributed by atoms with Crippen LogP contribution in [0.5, 0.6) is 0 Å². The molecule has 1 atom stereocenters. The SMILES string of the molecule is CC(C(=O)Nc1ccc(-c2ccccc2)cn1)N(CCN1CCOCC1)c1ccc(-c2ccnn2C)cc1. The molecule has 0 saturated carbocycles. The second-order valence-corrected chi connectivity index (χ2v) is 9.50. The minimum absolute atomic E-state index is 0.0948. The first kappa shape index (κ1) is 25.6. The zero-order valence-corrected chi connectivity index (χ0v) is 22.0. The van der Waals surface area contributed by atoms with Gasteiger partial charge in [0.1, 0.15) is 11.9 Å². The number of benzene rings is 2. The molecule has 0 spiro atoms. The highest BCUT2D eigenvalue weighted by Crippen LogP contribution is 2.25. The van der Waals surface area contributed by atoms with E-state index in [-0.39, 0.29) is 5.91 Å². The summed E-state index contributed by atoms with van der Waals surface area (Å²) >= 11 is 0. The number of ether oxygens (including phenoxy) is 1. The number of aromatic nitrogens is 3. The van der Waals surface area contributed by atoms with Gasteiger partial charge in [-0.1, -0.05) is 42.5 Å². The van der Waals surface area contributed by atoms with Crippen molar-refractivity contribution < 1.29 is 9.53 Å². The van der Waals surface area contributed by atoms with Crippen molar-refractivity contribution in [1.82, 2.24) is 19.7 Å². The van der Waals surface area contributed by atoms with Crippen LogP contribution in [-0.4, -0.2) is 71.0 Å². The van der Waals surface area contributed by atoms with E-state index in [1.165, 1.54) is 0 Å². The van der Waals surface area contributed by atoms with Crippen LogP contribution in [0, 0.1) is 0 Å². The molecule has 2 aromatic carbocycles. The molecule has 38 heavy (non-hydrogen) atoms. The van der Waals surface area contributed by atoms with Crippen LogP contribution >= 0.6 is 0 Å². The van der Waals surface area contributed by atoms with Crippen LogP contribution < -0.4 is 10.2 Å². The van der Waals surface area contributed by atoms with Gasteiger partial charge in [-0.3, -0.25) is 14.4 Å². The predicted octanol–water partition coefficient (Wildman–Crippen LogP) is 4.31. The van der Waals surface area contributed by atoms with Crippen molar-refractivity contribution >= 4 is 17.4 Å². The molecular formula is C30H34N6O2. The Morgan fingerprint density at radius 1 is 0.974 bits per heavy atom. The molecule has 3 heterocycles. The first-order valence-corrected chi connectivity index (χ1v) is 13.1. The summed E-state index contributed by atoms with van der Waals surface area (Å²) in [7, 11) is 1.94. The highest BCUT2D eigenvalue weighted by atomic mass is 16.5. The Morgan fingerprint density at radius 3 is 2.37 bits per heavy atom. The summed E-state index contributed by atoms with van der Waals surface area (Å²) in [5, 5.41) is 7.29. The third kappa shape index (κ3) is 6.10. The number of carbonyl (C=O) groups is 1. The van der Waals surface area contributed by atoms with E-state index < -0.39 is 6.04 Å². The maximum Gasteiger partial charge on any atom is 0.247 e. The Labute approximate surface area is 223 Å². The van der Waals surface area contributed by atoms with Crippen molar-refractivity contribution in [1.29, 1.82) is 0 Å². The van der Waals surface area contributed by atoms with Gasteiger partial charge in [0.2, 0.25) is 5.91 Å². The molecule has 196 valence electrons. The molecule has 5 rings (SSSR count). The van der Waals surface area contributed by atoms with Crippen LogP contribution in [0.1, 0.15) is 6.92 Å². The maximum atomic E-state index is 13.4. The third-order valence-electron chi connectivity index (χ3n) is 7.05. The van der Waals surface area contributed by atoms with E-state index in [0.29, 0.717) is 5.82 Å². The molecule has 1 unspecified atom stereocenters. The quantitative estimate of drug-likeness (QED) is 0.362. The molecule has 4 aromatic rings. The normalized spacial score (nSPS) is 14.7. The van der Waals surface area contributed by atoms with Crippen LogP contribution in [0.25, 0.3) is 22.4 Å². The second kappa shape index (κ2) is 12.0. The van der Waals surface area contributed by atoms with E-state index in [4.69, 9.17) is 4.74 Å². The summed E-state index contributed by atoms with van der Waals surface area (Å²) in [5.74, 6) is 0.448. The monoisotopic (exact) mass is 510 g/mol. The summed E-state index contributed by atoms with van der Waals surface area (Å²) in [6.07, 6.45) is 3.59. The lowest BCUT2D eigenvalue weighted by Gasteiger charge is -2.34. The predicted molar refractivity (Wildman–Crippen MR) is 151 cm³/mol. The first-order valence-electron chi connectivity index (χ1n) is 13.1. The maximum absolute atomic E-state index is 13.4. The molecule has 2 aromatic heterocycles. The Morgan fingerprint density at radius 2 is 1.71 bits per heavy atom. The Hall–Kier alpha value is -4.01. The van der Waals surface area contributed by atoms with Crippen molar-refractivity contribution in [3.8, 4) is 22.4 Å². The average molecular weight is 511 g/mol. The van der Waals surface area contributed by atoms with Gasteiger partial charge in [-0.05, 0) is 48.4 Å². The highest BCUT2D eigenvalue weighted by Gasteiger charge is 2.24. The van der Waals surface area contributed by atoms with Gasteiger partial charge in [0.15, 0.2) is 0 Å². The lowest BCUT2D eigenvalue weighted by atomic mass is 10.1. The van der Waals surface area contributed by atoms with Crippen molar-refractivity contribution in [2.75, 3.05) is 49.6 Å². The molecule has 1 aliphatic rings. The molecule has 0 radical (unpaired) electrons. The standard InChI is InChI=1S/C30H34N6O2/c1-23(30(37)33-29-13-10-26(22-31-29)24-6-4-3-5-7-24)36(17-16-35-18-20-38-21-19-35)27-11-8-25(9-12-27)28-14-15-32-34(28)2/h3-15,22-23H,16-21H2,1-2H3,(H,31,33,37). The molecule has 1 fully saturated rings. The molecule has 1 saturated heterocycles. The molecule has 1 amide bonds. The Balaban J connectivity index is 1.31. The number of anilines is 2. The van der Waals surface area contributed by atoms with Gasteiger partial charge in [0.25, 0.3) is 0 Å². The van der Waals surface area contributed by atoms with Crippen molar-refractivity contribution in [3.63, 3.8) is 0 Å². The van der Waals surface area contributed by atoms with Crippen LogP contribution in [0.3, 0.4) is 0 Å². The summed E-state index contributed by atoms with van der Waals surface area (Å²) in [6.45, 7) is 6.84. The van der Waals surface area contributed by atoms with Crippen LogP contribution in [0.4, 0.5) is 11.5 Å². The number of pyridine rings is 1. The van der Waals surface area contributed by atoms with E-state index in [2.05, 4.69) is 49.5 Å². The first-order chi connectivity index (χ1) is 18.6. The number of nitrogens with zero attached hydrogens (tertiary/aromatic N) is 5. The Bertz CT molecular complexity index is 1320. The van der Waals surface area contributed by atoms with Gasteiger partial charge >= 0.3 is 0 Å². The summed E-state index contributed by atoms with van der Waals surface area (Å²) in [4.78, 5) is 22.4. The smallest absolute Gasteiger partial charge is 0.247 e. The topological polar surface area (TPSA) is 75.5 Å². The summed E-state index contributed by atoms with van der Waals surface area (Å²) in [5.41, 5.74) is 5.24. The highest BCUT2D eigenvalue weighted by molar-refractivity contribution is 5.96. The van der Waals surface area contributed by atoms with Crippen LogP contribution in [-0.2, 0) is 16.6 Å². The molecular weight excluding hydrogens is 476 g/mol. The second-order valence-electron chi connectivity index (χ2n) is 9.50. The zero-order chi connectivity index (χ0) is 26.3. The summed E-state index contributed by atoms with van der Waals surface area (Å²) < 4.78 is 7.36. The lowest BCUT2D eigenvalue weighted by Crippen LogP contribution is -2.47. The fraction of sp³-hybridized carbons (Fsp3) is 0.300. The van der Waals surface area contributed by atoms with E-state index in [0.717, 1.165) is 67.5 Å². The van der Waals surface area contributed by atoms with E-state index in [9.17, 15) is 4.79 Å². The largest absolute Gasteiger partial charge is 0.379 e. The Kier molecular flexibility index (Phi) is 8.11. The number of rotatable bonds is 9. The van der Waals surface area contributed by atoms with Gasteiger partial charge in [-0.25, -0.2) is 4.98 Å². The van der Waals surface area contributed by atoms with E-state index in [1.54, 1.807) is 12.4 Å². The molecule has 1 aliphatic heterocycles. The van der Waals surface area contributed by atoms with Gasteiger partial charge in [-0.15, -0.1) is 0 Å². The fourth-order valence-corrected chi connectivity index (χ4v) is 4.74. The number of morpholine rings is 1.